The molecular formula is C18H25NO4. The minimum Gasteiger partial charge on any atom is -0.459 e. The normalized spacial score (nSPS) is 25.4. The number of ether oxygens (including phenoxy) is 1. The molecule has 1 amide bonds. The molecule has 0 radical (unpaired) electrons. The zero-order valence-corrected chi connectivity index (χ0v) is 13.7. The van der Waals surface area contributed by atoms with Crippen LogP contribution < -0.4 is 5.32 Å². The van der Waals surface area contributed by atoms with Crippen molar-refractivity contribution in [1.82, 2.24) is 5.32 Å². The highest BCUT2D eigenvalue weighted by Crippen LogP contribution is 2.31. The van der Waals surface area contributed by atoms with Gasteiger partial charge in [0.2, 0.25) is 5.91 Å². The van der Waals surface area contributed by atoms with Gasteiger partial charge in [0.05, 0.1) is 5.60 Å². The van der Waals surface area contributed by atoms with Gasteiger partial charge >= 0.3 is 5.97 Å². The summed E-state index contributed by atoms with van der Waals surface area (Å²) in [5.74, 6) is -0.714. The van der Waals surface area contributed by atoms with Gasteiger partial charge in [-0.15, -0.1) is 0 Å². The number of nitrogens with one attached hydrogen (secondary N) is 1. The Morgan fingerprint density at radius 1 is 1.30 bits per heavy atom. The number of amides is 1. The molecule has 1 atom stereocenters. The average molecular weight is 319 g/mol. The summed E-state index contributed by atoms with van der Waals surface area (Å²) < 4.78 is 5.22. The first-order valence-electron chi connectivity index (χ1n) is 8.11. The number of rotatable bonds is 5. The summed E-state index contributed by atoms with van der Waals surface area (Å²) in [7, 11) is 0. The van der Waals surface area contributed by atoms with E-state index in [1.165, 1.54) is 0 Å². The molecule has 1 aromatic carbocycles. The minimum atomic E-state index is -0.673. The number of carbonyl (C=O) groups excluding carboxylic acids is 2. The Labute approximate surface area is 137 Å². The van der Waals surface area contributed by atoms with E-state index in [4.69, 9.17) is 4.74 Å². The molecule has 1 aromatic rings. The second-order valence-corrected chi connectivity index (χ2v) is 6.59. The summed E-state index contributed by atoms with van der Waals surface area (Å²) in [4.78, 5) is 24.2. The monoisotopic (exact) mass is 319 g/mol. The fourth-order valence-electron chi connectivity index (χ4n) is 2.75. The van der Waals surface area contributed by atoms with Crippen molar-refractivity contribution in [2.75, 3.05) is 0 Å². The molecule has 0 unspecified atom stereocenters. The Balaban J connectivity index is 1.76. The third kappa shape index (κ3) is 5.36. The number of benzene rings is 1. The lowest BCUT2D eigenvalue weighted by Crippen LogP contribution is -2.44. The van der Waals surface area contributed by atoms with Gasteiger partial charge in [-0.1, -0.05) is 30.3 Å². The number of hydrogen-bond donors (Lipinski definition) is 2. The largest absolute Gasteiger partial charge is 0.459 e. The van der Waals surface area contributed by atoms with Crippen LogP contribution in [0, 0.1) is 5.92 Å². The molecule has 0 bridgehead atoms. The Morgan fingerprint density at radius 2 is 1.91 bits per heavy atom. The maximum absolute atomic E-state index is 12.2. The Bertz CT molecular complexity index is 531. The summed E-state index contributed by atoms with van der Waals surface area (Å²) in [6, 6.07) is 8.75. The SMILES string of the molecule is C[C@@H](NC(=O)C1CCC(C)(O)CC1)C(=O)OCc1ccccc1. The molecule has 0 spiro atoms. The van der Waals surface area contributed by atoms with Crippen molar-refractivity contribution in [3.05, 3.63) is 35.9 Å². The van der Waals surface area contributed by atoms with E-state index in [9.17, 15) is 14.7 Å². The van der Waals surface area contributed by atoms with E-state index < -0.39 is 17.6 Å². The van der Waals surface area contributed by atoms with E-state index in [0.29, 0.717) is 25.7 Å². The second kappa shape index (κ2) is 7.59. The number of esters is 1. The van der Waals surface area contributed by atoms with Crippen molar-refractivity contribution in [3.63, 3.8) is 0 Å². The third-order valence-electron chi connectivity index (χ3n) is 4.37. The molecule has 1 fully saturated rings. The molecular weight excluding hydrogens is 294 g/mol. The van der Waals surface area contributed by atoms with Crippen LogP contribution >= 0.6 is 0 Å². The van der Waals surface area contributed by atoms with Gasteiger partial charge < -0.3 is 15.2 Å². The number of carbonyl (C=O) groups is 2. The van der Waals surface area contributed by atoms with Crippen LogP contribution in [0.1, 0.15) is 45.1 Å². The van der Waals surface area contributed by atoms with E-state index in [1.54, 1.807) is 13.8 Å². The van der Waals surface area contributed by atoms with Gasteiger partial charge in [-0.05, 0) is 45.1 Å². The molecule has 126 valence electrons. The van der Waals surface area contributed by atoms with Crippen LogP contribution in [0.4, 0.5) is 0 Å². The Hall–Kier alpha value is -1.88. The first-order valence-corrected chi connectivity index (χ1v) is 8.11. The maximum Gasteiger partial charge on any atom is 0.328 e. The molecule has 0 saturated heterocycles. The van der Waals surface area contributed by atoms with Crippen LogP contribution in [0.3, 0.4) is 0 Å². The highest BCUT2D eigenvalue weighted by molar-refractivity contribution is 5.85. The number of hydrogen-bond acceptors (Lipinski definition) is 4. The molecule has 1 saturated carbocycles. The molecule has 0 aliphatic heterocycles. The van der Waals surface area contributed by atoms with Crippen molar-refractivity contribution < 1.29 is 19.4 Å². The van der Waals surface area contributed by atoms with Crippen LogP contribution in [0.25, 0.3) is 0 Å². The Kier molecular flexibility index (Phi) is 5.77. The van der Waals surface area contributed by atoms with Crippen molar-refractivity contribution in [1.29, 1.82) is 0 Å². The first kappa shape index (κ1) is 17.5. The van der Waals surface area contributed by atoms with E-state index in [2.05, 4.69) is 5.32 Å². The molecule has 23 heavy (non-hydrogen) atoms. The molecule has 1 aliphatic carbocycles. The van der Waals surface area contributed by atoms with Gasteiger partial charge in [0, 0.05) is 5.92 Å². The van der Waals surface area contributed by atoms with Gasteiger partial charge in [-0.25, -0.2) is 4.79 Å². The van der Waals surface area contributed by atoms with E-state index in [0.717, 1.165) is 5.56 Å². The predicted molar refractivity (Wildman–Crippen MR) is 86.4 cm³/mol. The summed E-state index contributed by atoms with van der Waals surface area (Å²) in [5.41, 5.74) is 0.241. The van der Waals surface area contributed by atoms with E-state index in [1.807, 2.05) is 30.3 Å². The molecule has 5 nitrogen and oxygen atoms in total. The second-order valence-electron chi connectivity index (χ2n) is 6.59. The first-order chi connectivity index (χ1) is 10.9. The summed E-state index contributed by atoms with van der Waals surface area (Å²) >= 11 is 0. The van der Waals surface area contributed by atoms with Crippen molar-refractivity contribution in [2.24, 2.45) is 5.92 Å². The molecule has 2 N–H and O–H groups in total. The lowest BCUT2D eigenvalue weighted by atomic mass is 9.79. The fourth-order valence-corrected chi connectivity index (χ4v) is 2.75. The summed E-state index contributed by atoms with van der Waals surface area (Å²) in [6.07, 6.45) is 2.51. The smallest absolute Gasteiger partial charge is 0.328 e. The van der Waals surface area contributed by atoms with Gasteiger partial charge in [-0.3, -0.25) is 4.79 Å². The zero-order valence-electron chi connectivity index (χ0n) is 13.7. The molecule has 1 aliphatic rings. The van der Waals surface area contributed by atoms with Crippen LogP contribution in [0.15, 0.2) is 30.3 Å². The highest BCUT2D eigenvalue weighted by atomic mass is 16.5. The predicted octanol–water partition coefficient (Wildman–Crippen LogP) is 2.18. The third-order valence-corrected chi connectivity index (χ3v) is 4.37. The van der Waals surface area contributed by atoms with Gasteiger partial charge in [0.1, 0.15) is 12.6 Å². The fraction of sp³-hybridized carbons (Fsp3) is 0.556. The van der Waals surface area contributed by atoms with Gasteiger partial charge in [0.25, 0.3) is 0 Å². The van der Waals surface area contributed by atoms with Crippen molar-refractivity contribution in [2.45, 2.75) is 57.8 Å². The summed E-state index contributed by atoms with van der Waals surface area (Å²) in [6.45, 7) is 3.63. The average Bonchev–Trinajstić information content (AvgIpc) is 2.53. The molecule has 2 rings (SSSR count). The highest BCUT2D eigenvalue weighted by Gasteiger charge is 2.33. The van der Waals surface area contributed by atoms with Gasteiger partial charge in [-0.2, -0.15) is 0 Å². The van der Waals surface area contributed by atoms with E-state index >= 15 is 0 Å². The maximum atomic E-state index is 12.2. The van der Waals surface area contributed by atoms with Crippen molar-refractivity contribution >= 4 is 11.9 Å². The van der Waals surface area contributed by atoms with Crippen LogP contribution in [0.5, 0.6) is 0 Å². The number of aliphatic hydroxyl groups is 1. The van der Waals surface area contributed by atoms with Crippen LogP contribution in [-0.2, 0) is 20.9 Å². The van der Waals surface area contributed by atoms with Crippen molar-refractivity contribution in [3.8, 4) is 0 Å². The van der Waals surface area contributed by atoms with Crippen LogP contribution in [-0.4, -0.2) is 28.6 Å². The van der Waals surface area contributed by atoms with E-state index in [-0.39, 0.29) is 18.4 Å². The topological polar surface area (TPSA) is 75.6 Å². The minimum absolute atomic E-state index is 0.135. The lowest BCUT2D eigenvalue weighted by Gasteiger charge is -2.32. The summed E-state index contributed by atoms with van der Waals surface area (Å²) in [5, 5.41) is 12.6. The lowest BCUT2D eigenvalue weighted by molar-refractivity contribution is -0.149. The molecule has 0 heterocycles. The molecule has 5 heteroatoms. The zero-order chi connectivity index (χ0) is 16.9. The van der Waals surface area contributed by atoms with Crippen LogP contribution in [0.2, 0.25) is 0 Å². The quantitative estimate of drug-likeness (QED) is 0.816. The Morgan fingerprint density at radius 3 is 2.52 bits per heavy atom. The standard InChI is InChI=1S/C18H25NO4/c1-13(17(21)23-12-14-6-4-3-5-7-14)19-16(20)15-8-10-18(2,22)11-9-15/h3-7,13,15,22H,8-12H2,1-2H3,(H,19,20)/t13-,15?,18?/m1/s1. The molecule has 0 aromatic heterocycles. The van der Waals surface area contributed by atoms with Gasteiger partial charge in [0.15, 0.2) is 0 Å².